The van der Waals surface area contributed by atoms with Gasteiger partial charge in [0, 0.05) is 32.0 Å². The first-order chi connectivity index (χ1) is 12.1. The van der Waals surface area contributed by atoms with E-state index in [1.54, 1.807) is 0 Å². The van der Waals surface area contributed by atoms with E-state index in [0.717, 1.165) is 12.0 Å². The first-order valence-electron chi connectivity index (χ1n) is 8.65. The van der Waals surface area contributed by atoms with Gasteiger partial charge in [0.2, 0.25) is 11.8 Å². The Labute approximate surface area is 146 Å². The fraction of sp³-hybridized carbons (Fsp3) is 0.500. The van der Waals surface area contributed by atoms with Crippen LogP contribution in [0.4, 0.5) is 4.79 Å². The Balaban J connectivity index is 1.48. The topological polar surface area (TPSA) is 87.7 Å². The van der Waals surface area contributed by atoms with Crippen molar-refractivity contribution in [2.45, 2.75) is 31.9 Å². The highest BCUT2D eigenvalue weighted by Gasteiger charge is 2.35. The monoisotopic (exact) mass is 345 g/mol. The standard InChI is InChI=1S/C18H23N3O4/c22-16-9-14(10-19-16)11-20-17(23)15-7-4-8-21(15)18(24)25-12-13-5-2-1-3-6-13/h1-3,5-6,14-15H,4,7-12H2,(H,19,22)(H,20,23)/t14-,15+/m1/s1. The molecule has 25 heavy (non-hydrogen) atoms. The Bertz CT molecular complexity index is 634. The summed E-state index contributed by atoms with van der Waals surface area (Å²) in [5.74, 6) is -0.0314. The molecule has 2 N–H and O–H groups in total. The van der Waals surface area contributed by atoms with E-state index in [0.29, 0.717) is 32.5 Å². The van der Waals surface area contributed by atoms with Crippen LogP contribution in [0.3, 0.4) is 0 Å². The molecule has 2 aliphatic rings. The summed E-state index contributed by atoms with van der Waals surface area (Å²) in [4.78, 5) is 37.4. The van der Waals surface area contributed by atoms with Crippen LogP contribution in [0.2, 0.25) is 0 Å². The van der Waals surface area contributed by atoms with Gasteiger partial charge in [-0.15, -0.1) is 0 Å². The van der Waals surface area contributed by atoms with Crippen LogP contribution in [-0.2, 0) is 20.9 Å². The lowest BCUT2D eigenvalue weighted by molar-refractivity contribution is -0.125. The zero-order valence-corrected chi connectivity index (χ0v) is 14.1. The molecule has 1 aromatic carbocycles. The SMILES string of the molecule is O=C1C[C@@H](CNC(=O)[C@@H]2CCCN2C(=O)OCc2ccccc2)CN1. The molecule has 0 aromatic heterocycles. The van der Waals surface area contributed by atoms with Crippen molar-refractivity contribution in [1.29, 1.82) is 0 Å². The molecule has 3 rings (SSSR count). The molecule has 0 spiro atoms. The summed E-state index contributed by atoms with van der Waals surface area (Å²) in [7, 11) is 0. The van der Waals surface area contributed by atoms with Crippen molar-refractivity contribution >= 4 is 17.9 Å². The molecular formula is C18H23N3O4. The number of nitrogens with one attached hydrogen (secondary N) is 2. The Morgan fingerprint density at radius 2 is 2.08 bits per heavy atom. The predicted molar refractivity (Wildman–Crippen MR) is 90.5 cm³/mol. The van der Waals surface area contributed by atoms with Crippen LogP contribution in [0, 0.1) is 5.92 Å². The van der Waals surface area contributed by atoms with Crippen molar-refractivity contribution < 1.29 is 19.1 Å². The maximum Gasteiger partial charge on any atom is 0.410 e. The molecule has 0 radical (unpaired) electrons. The molecule has 7 nitrogen and oxygen atoms in total. The number of carbonyl (C=O) groups excluding carboxylic acids is 3. The Morgan fingerprint density at radius 3 is 2.80 bits per heavy atom. The average Bonchev–Trinajstić information content (AvgIpc) is 3.27. The molecule has 7 heteroatoms. The summed E-state index contributed by atoms with van der Waals surface area (Å²) in [6, 6.07) is 8.96. The van der Waals surface area contributed by atoms with Crippen molar-refractivity contribution in [3.8, 4) is 0 Å². The fourth-order valence-corrected chi connectivity index (χ4v) is 3.23. The van der Waals surface area contributed by atoms with Gasteiger partial charge in [-0.25, -0.2) is 4.79 Å². The molecule has 0 unspecified atom stereocenters. The lowest BCUT2D eigenvalue weighted by Gasteiger charge is -2.23. The van der Waals surface area contributed by atoms with Gasteiger partial charge in [0.1, 0.15) is 12.6 Å². The van der Waals surface area contributed by atoms with Gasteiger partial charge in [-0.05, 0) is 18.4 Å². The molecule has 2 saturated heterocycles. The van der Waals surface area contributed by atoms with Gasteiger partial charge in [0.05, 0.1) is 0 Å². The molecular weight excluding hydrogens is 322 g/mol. The molecule has 0 bridgehead atoms. The quantitative estimate of drug-likeness (QED) is 0.835. The number of rotatable bonds is 5. The zero-order valence-electron chi connectivity index (χ0n) is 14.1. The number of hydrogen-bond acceptors (Lipinski definition) is 4. The van der Waals surface area contributed by atoms with E-state index in [2.05, 4.69) is 10.6 Å². The fourth-order valence-electron chi connectivity index (χ4n) is 3.23. The van der Waals surface area contributed by atoms with Crippen molar-refractivity contribution in [2.24, 2.45) is 5.92 Å². The van der Waals surface area contributed by atoms with Gasteiger partial charge in [-0.2, -0.15) is 0 Å². The largest absolute Gasteiger partial charge is 0.445 e. The van der Waals surface area contributed by atoms with Crippen LogP contribution in [0.1, 0.15) is 24.8 Å². The Hall–Kier alpha value is -2.57. The van der Waals surface area contributed by atoms with Gasteiger partial charge >= 0.3 is 6.09 Å². The van der Waals surface area contributed by atoms with Crippen molar-refractivity contribution in [3.63, 3.8) is 0 Å². The van der Waals surface area contributed by atoms with E-state index >= 15 is 0 Å². The zero-order chi connectivity index (χ0) is 17.6. The smallest absolute Gasteiger partial charge is 0.410 e. The number of hydrogen-bond donors (Lipinski definition) is 2. The molecule has 2 atom stereocenters. The predicted octanol–water partition coefficient (Wildman–Crippen LogP) is 1.04. The van der Waals surface area contributed by atoms with Gasteiger partial charge in [0.15, 0.2) is 0 Å². The van der Waals surface area contributed by atoms with Crippen molar-refractivity contribution in [1.82, 2.24) is 15.5 Å². The van der Waals surface area contributed by atoms with Crippen LogP contribution < -0.4 is 10.6 Å². The van der Waals surface area contributed by atoms with E-state index < -0.39 is 12.1 Å². The molecule has 2 heterocycles. The molecule has 2 fully saturated rings. The average molecular weight is 345 g/mol. The number of likely N-dealkylation sites (tertiary alicyclic amines) is 1. The van der Waals surface area contributed by atoms with Gasteiger partial charge in [0.25, 0.3) is 0 Å². The second-order valence-electron chi connectivity index (χ2n) is 6.51. The van der Waals surface area contributed by atoms with Crippen LogP contribution in [0.25, 0.3) is 0 Å². The van der Waals surface area contributed by atoms with E-state index in [1.807, 2.05) is 30.3 Å². The number of ether oxygens (including phenoxy) is 1. The van der Waals surface area contributed by atoms with E-state index in [1.165, 1.54) is 4.90 Å². The number of nitrogens with zero attached hydrogens (tertiary/aromatic N) is 1. The highest BCUT2D eigenvalue weighted by molar-refractivity contribution is 5.86. The Morgan fingerprint density at radius 1 is 1.28 bits per heavy atom. The van der Waals surface area contributed by atoms with Crippen LogP contribution in [0.5, 0.6) is 0 Å². The highest BCUT2D eigenvalue weighted by atomic mass is 16.6. The summed E-state index contributed by atoms with van der Waals surface area (Å²) >= 11 is 0. The van der Waals surface area contributed by atoms with Crippen molar-refractivity contribution in [2.75, 3.05) is 19.6 Å². The minimum atomic E-state index is -0.492. The Kier molecular flexibility index (Phi) is 5.53. The van der Waals surface area contributed by atoms with Crippen molar-refractivity contribution in [3.05, 3.63) is 35.9 Å². The molecule has 134 valence electrons. The molecule has 0 aliphatic carbocycles. The van der Waals surface area contributed by atoms with Gasteiger partial charge in [-0.3, -0.25) is 14.5 Å². The number of benzene rings is 1. The minimum absolute atomic E-state index is 0.0197. The van der Waals surface area contributed by atoms with Crippen LogP contribution in [0.15, 0.2) is 30.3 Å². The first-order valence-corrected chi connectivity index (χ1v) is 8.65. The summed E-state index contributed by atoms with van der Waals surface area (Å²) in [5.41, 5.74) is 0.912. The first kappa shape index (κ1) is 17.3. The maximum atomic E-state index is 12.4. The lowest BCUT2D eigenvalue weighted by Crippen LogP contribution is -2.47. The molecule has 3 amide bonds. The normalized spacial score (nSPS) is 22.6. The van der Waals surface area contributed by atoms with E-state index in [9.17, 15) is 14.4 Å². The third-order valence-corrected chi connectivity index (χ3v) is 4.62. The summed E-state index contributed by atoms with van der Waals surface area (Å²) in [6.45, 7) is 1.75. The third-order valence-electron chi connectivity index (χ3n) is 4.62. The molecule has 0 saturated carbocycles. The van der Waals surface area contributed by atoms with Gasteiger partial charge in [-0.1, -0.05) is 30.3 Å². The molecule has 2 aliphatic heterocycles. The highest BCUT2D eigenvalue weighted by Crippen LogP contribution is 2.19. The summed E-state index contributed by atoms with van der Waals surface area (Å²) in [6.07, 6.45) is 1.39. The van der Waals surface area contributed by atoms with E-state index in [4.69, 9.17) is 4.74 Å². The van der Waals surface area contributed by atoms with E-state index in [-0.39, 0.29) is 24.3 Å². The third kappa shape index (κ3) is 4.49. The minimum Gasteiger partial charge on any atom is -0.445 e. The van der Waals surface area contributed by atoms with Crippen LogP contribution >= 0.6 is 0 Å². The second-order valence-corrected chi connectivity index (χ2v) is 6.51. The number of carbonyl (C=O) groups is 3. The maximum absolute atomic E-state index is 12.4. The van der Waals surface area contributed by atoms with Gasteiger partial charge < -0.3 is 15.4 Å². The summed E-state index contributed by atoms with van der Waals surface area (Å²) in [5, 5.41) is 5.61. The lowest BCUT2D eigenvalue weighted by atomic mass is 10.1. The second kappa shape index (κ2) is 8.00. The number of amides is 3. The molecule has 1 aromatic rings. The summed E-state index contributed by atoms with van der Waals surface area (Å²) < 4.78 is 5.34. The van der Waals surface area contributed by atoms with Crippen LogP contribution in [-0.4, -0.2) is 48.5 Å².